The van der Waals surface area contributed by atoms with Crippen LogP contribution in [0.2, 0.25) is 0 Å². The summed E-state index contributed by atoms with van der Waals surface area (Å²) < 4.78 is 0. The van der Waals surface area contributed by atoms with Gasteiger partial charge in [-0.1, -0.05) is 0 Å². The first-order chi connectivity index (χ1) is 7.20. The van der Waals surface area contributed by atoms with E-state index in [1.54, 1.807) is 0 Å². The first-order valence-electron chi connectivity index (χ1n) is 5.24. The van der Waals surface area contributed by atoms with E-state index in [0.29, 0.717) is 32.6 Å². The number of rotatable bonds is 6. The third kappa shape index (κ3) is 8.86. The van der Waals surface area contributed by atoms with Crippen molar-refractivity contribution in [2.24, 2.45) is 0 Å². The van der Waals surface area contributed by atoms with Crippen molar-refractivity contribution >= 4 is 12.1 Å². The maximum absolute atomic E-state index is 10.9. The van der Waals surface area contributed by atoms with Gasteiger partial charge in [0.25, 0.3) is 0 Å². The summed E-state index contributed by atoms with van der Waals surface area (Å²) in [4.78, 5) is 21.8. The lowest BCUT2D eigenvalue weighted by Gasteiger charge is -2.07. The van der Waals surface area contributed by atoms with Crippen molar-refractivity contribution in [2.45, 2.75) is 20.3 Å². The van der Waals surface area contributed by atoms with Crippen molar-refractivity contribution in [1.82, 2.24) is 21.3 Å². The maximum Gasteiger partial charge on any atom is 0.314 e. The standard InChI is InChI=1S/C9H20N4O2/c1-3-10-8(14)12-6-5-7-13-9(15)11-4-2/h3-7H2,1-2H3,(H2,10,12,14)(H2,11,13,15). The zero-order valence-corrected chi connectivity index (χ0v) is 9.35. The number of urea groups is 2. The Morgan fingerprint density at radius 1 is 0.800 bits per heavy atom. The molecule has 0 rings (SSSR count). The van der Waals surface area contributed by atoms with Crippen molar-refractivity contribution in [3.63, 3.8) is 0 Å². The Balaban J connectivity index is 3.24. The third-order valence-corrected chi connectivity index (χ3v) is 1.60. The summed E-state index contributed by atoms with van der Waals surface area (Å²) in [6.07, 6.45) is 0.717. The van der Waals surface area contributed by atoms with Crippen LogP contribution in [-0.2, 0) is 0 Å². The van der Waals surface area contributed by atoms with E-state index in [2.05, 4.69) is 21.3 Å². The molecule has 0 radical (unpaired) electrons. The Bertz CT molecular complexity index is 177. The third-order valence-electron chi connectivity index (χ3n) is 1.60. The van der Waals surface area contributed by atoms with E-state index in [9.17, 15) is 9.59 Å². The zero-order chi connectivity index (χ0) is 11.5. The minimum atomic E-state index is -0.171. The molecule has 0 saturated heterocycles. The van der Waals surface area contributed by atoms with Gasteiger partial charge in [0.05, 0.1) is 0 Å². The van der Waals surface area contributed by atoms with Crippen molar-refractivity contribution in [1.29, 1.82) is 0 Å². The Morgan fingerprint density at radius 2 is 1.20 bits per heavy atom. The predicted molar refractivity (Wildman–Crippen MR) is 58.8 cm³/mol. The van der Waals surface area contributed by atoms with Crippen molar-refractivity contribution < 1.29 is 9.59 Å². The van der Waals surface area contributed by atoms with Gasteiger partial charge in [0.15, 0.2) is 0 Å². The van der Waals surface area contributed by atoms with Crippen LogP contribution in [0.3, 0.4) is 0 Å². The minimum Gasteiger partial charge on any atom is -0.338 e. The highest BCUT2D eigenvalue weighted by atomic mass is 16.2. The van der Waals surface area contributed by atoms with E-state index in [1.165, 1.54) is 0 Å². The summed E-state index contributed by atoms with van der Waals surface area (Å²) in [6, 6.07) is -0.342. The van der Waals surface area contributed by atoms with Crippen molar-refractivity contribution in [3.8, 4) is 0 Å². The summed E-state index contributed by atoms with van der Waals surface area (Å²) in [5, 5.41) is 10.6. The molecule has 0 saturated carbocycles. The molecule has 0 aromatic heterocycles. The molecule has 6 nitrogen and oxygen atoms in total. The number of hydrogen-bond acceptors (Lipinski definition) is 2. The van der Waals surface area contributed by atoms with Crippen LogP contribution in [-0.4, -0.2) is 38.2 Å². The van der Waals surface area contributed by atoms with Gasteiger partial charge in [-0.15, -0.1) is 0 Å². The second-order valence-electron chi connectivity index (χ2n) is 2.93. The van der Waals surface area contributed by atoms with Crippen LogP contribution in [0.25, 0.3) is 0 Å². The first-order valence-corrected chi connectivity index (χ1v) is 5.24. The minimum absolute atomic E-state index is 0.171. The van der Waals surface area contributed by atoms with Crippen molar-refractivity contribution in [2.75, 3.05) is 26.2 Å². The first kappa shape index (κ1) is 13.5. The van der Waals surface area contributed by atoms with Crippen LogP contribution < -0.4 is 21.3 Å². The average molecular weight is 216 g/mol. The van der Waals surface area contributed by atoms with E-state index in [4.69, 9.17) is 0 Å². The highest BCUT2D eigenvalue weighted by Crippen LogP contribution is 1.74. The van der Waals surface area contributed by atoms with E-state index in [1.807, 2.05) is 13.8 Å². The number of nitrogens with one attached hydrogen (secondary N) is 4. The summed E-state index contributed by atoms with van der Waals surface area (Å²) in [5.74, 6) is 0. The highest BCUT2D eigenvalue weighted by Gasteiger charge is 1.98. The topological polar surface area (TPSA) is 82.3 Å². The van der Waals surface area contributed by atoms with Gasteiger partial charge in [0, 0.05) is 26.2 Å². The van der Waals surface area contributed by atoms with Crippen molar-refractivity contribution in [3.05, 3.63) is 0 Å². The largest absolute Gasteiger partial charge is 0.338 e. The Kier molecular flexibility index (Phi) is 8.22. The fourth-order valence-corrected chi connectivity index (χ4v) is 0.938. The second-order valence-corrected chi connectivity index (χ2v) is 2.93. The normalized spacial score (nSPS) is 9.20. The molecular formula is C9H20N4O2. The number of amides is 4. The smallest absolute Gasteiger partial charge is 0.314 e. The SMILES string of the molecule is CCNC(=O)NCCCNC(=O)NCC. The highest BCUT2D eigenvalue weighted by molar-refractivity contribution is 5.74. The van der Waals surface area contributed by atoms with Gasteiger partial charge in [0.2, 0.25) is 0 Å². The van der Waals surface area contributed by atoms with E-state index in [-0.39, 0.29) is 12.1 Å². The molecule has 0 heterocycles. The molecule has 0 atom stereocenters. The molecule has 4 amide bonds. The molecule has 88 valence electrons. The average Bonchev–Trinajstić information content (AvgIpc) is 2.18. The van der Waals surface area contributed by atoms with Crippen LogP contribution in [0.4, 0.5) is 9.59 Å². The van der Waals surface area contributed by atoms with Gasteiger partial charge in [-0.2, -0.15) is 0 Å². The fraction of sp³-hybridized carbons (Fsp3) is 0.778. The maximum atomic E-state index is 10.9. The molecule has 0 bridgehead atoms. The van der Waals surface area contributed by atoms with Gasteiger partial charge >= 0.3 is 12.1 Å². The molecule has 0 aromatic rings. The zero-order valence-electron chi connectivity index (χ0n) is 9.35. The predicted octanol–water partition coefficient (Wildman–Crippen LogP) is 0.0147. The van der Waals surface area contributed by atoms with E-state index >= 15 is 0 Å². The van der Waals surface area contributed by atoms with Crippen LogP contribution in [0.15, 0.2) is 0 Å². The molecule has 0 aliphatic heterocycles. The quantitative estimate of drug-likeness (QED) is 0.472. The van der Waals surface area contributed by atoms with Gasteiger partial charge in [-0.05, 0) is 20.3 Å². The Hall–Kier alpha value is -1.46. The molecule has 0 aliphatic rings. The molecule has 0 unspecified atom stereocenters. The number of hydrogen-bond donors (Lipinski definition) is 4. The fourth-order valence-electron chi connectivity index (χ4n) is 0.938. The molecule has 0 fully saturated rings. The molecule has 4 N–H and O–H groups in total. The monoisotopic (exact) mass is 216 g/mol. The van der Waals surface area contributed by atoms with Gasteiger partial charge in [-0.3, -0.25) is 0 Å². The summed E-state index contributed by atoms with van der Waals surface area (Å²) in [7, 11) is 0. The molecular weight excluding hydrogens is 196 g/mol. The molecule has 0 spiro atoms. The summed E-state index contributed by atoms with van der Waals surface area (Å²) in [6.45, 7) is 6.05. The van der Waals surface area contributed by atoms with Crippen LogP contribution >= 0.6 is 0 Å². The van der Waals surface area contributed by atoms with Crippen LogP contribution in [0, 0.1) is 0 Å². The number of carbonyl (C=O) groups is 2. The lowest BCUT2D eigenvalue weighted by atomic mass is 10.4. The summed E-state index contributed by atoms with van der Waals surface area (Å²) in [5.41, 5.74) is 0. The molecule has 6 heteroatoms. The number of carbonyl (C=O) groups excluding carboxylic acids is 2. The molecule has 15 heavy (non-hydrogen) atoms. The second kappa shape index (κ2) is 9.11. The lowest BCUT2D eigenvalue weighted by Crippen LogP contribution is -2.39. The summed E-state index contributed by atoms with van der Waals surface area (Å²) >= 11 is 0. The molecule has 0 aliphatic carbocycles. The van der Waals surface area contributed by atoms with Crippen LogP contribution in [0.1, 0.15) is 20.3 Å². The Labute approximate surface area is 90.2 Å². The van der Waals surface area contributed by atoms with Gasteiger partial charge < -0.3 is 21.3 Å². The van der Waals surface area contributed by atoms with E-state index in [0.717, 1.165) is 0 Å². The van der Waals surface area contributed by atoms with Gasteiger partial charge in [-0.25, -0.2) is 9.59 Å². The lowest BCUT2D eigenvalue weighted by molar-refractivity contribution is 0.240. The van der Waals surface area contributed by atoms with E-state index < -0.39 is 0 Å². The van der Waals surface area contributed by atoms with Gasteiger partial charge in [0.1, 0.15) is 0 Å². The Morgan fingerprint density at radius 3 is 1.53 bits per heavy atom. The van der Waals surface area contributed by atoms with Crippen LogP contribution in [0.5, 0.6) is 0 Å². The molecule has 0 aromatic carbocycles.